The van der Waals surface area contributed by atoms with Crippen molar-refractivity contribution in [3.05, 3.63) is 64.1 Å². The molecule has 0 bridgehead atoms. The molecular formula is C22H20N2O6S. The van der Waals surface area contributed by atoms with Crippen LogP contribution in [0, 0.1) is 6.92 Å². The van der Waals surface area contributed by atoms with Gasteiger partial charge in [0.15, 0.2) is 11.3 Å². The maximum absolute atomic E-state index is 12.3. The minimum atomic E-state index is -1.10. The van der Waals surface area contributed by atoms with Gasteiger partial charge in [0.05, 0.1) is 16.2 Å². The Morgan fingerprint density at radius 1 is 1.19 bits per heavy atom. The first-order valence-corrected chi connectivity index (χ1v) is 10.2. The van der Waals surface area contributed by atoms with Gasteiger partial charge in [-0.1, -0.05) is 25.1 Å². The van der Waals surface area contributed by atoms with Crippen molar-refractivity contribution >= 4 is 46.5 Å². The van der Waals surface area contributed by atoms with E-state index in [1.807, 2.05) is 6.92 Å². The Labute approximate surface area is 182 Å². The molecule has 0 radical (unpaired) electrons. The third-order valence-corrected chi connectivity index (χ3v) is 5.27. The number of carbonyl (C=O) groups is 3. The van der Waals surface area contributed by atoms with Gasteiger partial charge < -0.3 is 20.3 Å². The Morgan fingerprint density at radius 3 is 2.52 bits per heavy atom. The third kappa shape index (κ3) is 5.52. The molecule has 0 saturated carbocycles. The quantitative estimate of drug-likeness (QED) is 0.559. The van der Waals surface area contributed by atoms with Gasteiger partial charge in [0.25, 0.3) is 5.91 Å². The molecule has 1 aliphatic rings. The fourth-order valence-electron chi connectivity index (χ4n) is 2.77. The molecule has 9 heteroatoms. The summed E-state index contributed by atoms with van der Waals surface area (Å²) < 4.78 is 5.42. The van der Waals surface area contributed by atoms with Crippen LogP contribution in [0.15, 0.2) is 52.4 Å². The maximum atomic E-state index is 12.3. The minimum Gasteiger partial charge on any atom is -0.479 e. The first-order valence-electron chi connectivity index (χ1n) is 9.40. The molecule has 1 aliphatic heterocycles. The van der Waals surface area contributed by atoms with Crippen molar-refractivity contribution in [1.29, 1.82) is 0 Å². The highest BCUT2D eigenvalue weighted by Crippen LogP contribution is 2.30. The average Bonchev–Trinajstić information content (AvgIpc) is 3.05. The van der Waals surface area contributed by atoms with Gasteiger partial charge in [-0.25, -0.2) is 14.6 Å². The summed E-state index contributed by atoms with van der Waals surface area (Å²) in [7, 11) is 0. The fraction of sp³-hybridized carbons (Fsp3) is 0.182. The highest BCUT2D eigenvalue weighted by molar-refractivity contribution is 8.18. The number of amidine groups is 1. The number of rotatable bonds is 7. The number of hydrogen-bond acceptors (Lipinski definition) is 6. The van der Waals surface area contributed by atoms with Gasteiger partial charge in [0.1, 0.15) is 5.75 Å². The number of nitrogens with one attached hydrogen (secondary N) is 1. The van der Waals surface area contributed by atoms with E-state index in [2.05, 4.69) is 10.3 Å². The van der Waals surface area contributed by atoms with Crippen LogP contribution in [0.2, 0.25) is 0 Å². The number of ether oxygens (including phenoxy) is 1. The molecule has 2 aromatic carbocycles. The fourth-order valence-corrected chi connectivity index (χ4v) is 3.61. The van der Waals surface area contributed by atoms with Gasteiger partial charge in [0.2, 0.25) is 0 Å². The Morgan fingerprint density at radius 2 is 1.90 bits per heavy atom. The predicted molar refractivity (Wildman–Crippen MR) is 118 cm³/mol. The van der Waals surface area contributed by atoms with Gasteiger partial charge >= 0.3 is 11.9 Å². The van der Waals surface area contributed by atoms with Crippen molar-refractivity contribution < 1.29 is 29.3 Å². The molecule has 0 spiro atoms. The van der Waals surface area contributed by atoms with Crippen molar-refractivity contribution in [3.63, 3.8) is 0 Å². The summed E-state index contributed by atoms with van der Waals surface area (Å²) in [6.07, 6.45) is 1.08. The molecule has 1 fully saturated rings. The number of carboxylic acids is 2. The number of carboxylic acid groups (broad SMARTS) is 2. The van der Waals surface area contributed by atoms with E-state index in [0.717, 1.165) is 22.9 Å². The summed E-state index contributed by atoms with van der Waals surface area (Å²) in [6, 6.07) is 11.5. The number of amides is 1. The average molecular weight is 440 g/mol. The van der Waals surface area contributed by atoms with Crippen LogP contribution in [-0.2, 0) is 9.59 Å². The van der Waals surface area contributed by atoms with Crippen LogP contribution in [0.3, 0.4) is 0 Å². The Hall–Kier alpha value is -3.59. The molecule has 1 amide bonds. The van der Waals surface area contributed by atoms with Crippen LogP contribution in [0.5, 0.6) is 5.75 Å². The SMILES string of the molecule is CCC(Oc1ccc(/C=C2\SC(=Nc3cc(C)ccc3C(=O)O)NC2=O)cc1)C(=O)O. The molecule has 1 saturated heterocycles. The van der Waals surface area contributed by atoms with E-state index in [9.17, 15) is 19.5 Å². The molecule has 0 aromatic heterocycles. The second kappa shape index (κ2) is 9.48. The van der Waals surface area contributed by atoms with Crippen molar-refractivity contribution in [2.45, 2.75) is 26.4 Å². The molecule has 2 aromatic rings. The molecule has 3 N–H and O–H groups in total. The second-order valence-corrected chi connectivity index (χ2v) is 7.76. The minimum absolute atomic E-state index is 0.0488. The zero-order valence-corrected chi connectivity index (χ0v) is 17.6. The summed E-state index contributed by atoms with van der Waals surface area (Å²) in [4.78, 5) is 39.5. The zero-order chi connectivity index (χ0) is 22.5. The third-order valence-electron chi connectivity index (χ3n) is 4.36. The first kappa shape index (κ1) is 22.1. The summed E-state index contributed by atoms with van der Waals surface area (Å²) in [6.45, 7) is 3.55. The maximum Gasteiger partial charge on any atom is 0.344 e. The Balaban J connectivity index is 1.78. The van der Waals surface area contributed by atoms with Crippen LogP contribution in [0.25, 0.3) is 6.08 Å². The molecule has 0 aliphatic carbocycles. The molecule has 3 rings (SSSR count). The van der Waals surface area contributed by atoms with Crippen LogP contribution in [0.1, 0.15) is 34.8 Å². The molecule has 1 atom stereocenters. The number of benzene rings is 2. The van der Waals surface area contributed by atoms with Crippen molar-refractivity contribution in [2.24, 2.45) is 4.99 Å². The number of aromatic carboxylic acids is 1. The van der Waals surface area contributed by atoms with Gasteiger partial charge in [-0.15, -0.1) is 0 Å². The number of aryl methyl sites for hydroxylation is 1. The number of nitrogens with zero attached hydrogens (tertiary/aromatic N) is 1. The smallest absolute Gasteiger partial charge is 0.344 e. The summed E-state index contributed by atoms with van der Waals surface area (Å²) in [5.41, 5.74) is 1.89. The summed E-state index contributed by atoms with van der Waals surface area (Å²) in [5, 5.41) is 21.3. The van der Waals surface area contributed by atoms with Crippen molar-refractivity contribution in [1.82, 2.24) is 5.32 Å². The van der Waals surface area contributed by atoms with E-state index in [4.69, 9.17) is 9.84 Å². The van der Waals surface area contributed by atoms with Crippen LogP contribution >= 0.6 is 11.8 Å². The van der Waals surface area contributed by atoms with E-state index in [0.29, 0.717) is 17.1 Å². The number of hydrogen-bond donors (Lipinski definition) is 3. The highest BCUT2D eigenvalue weighted by Gasteiger charge is 2.24. The molecule has 1 heterocycles. The molecular weight excluding hydrogens is 420 g/mol. The first-order chi connectivity index (χ1) is 14.8. The lowest BCUT2D eigenvalue weighted by Crippen LogP contribution is -2.25. The van der Waals surface area contributed by atoms with Crippen molar-refractivity contribution in [3.8, 4) is 5.75 Å². The number of aliphatic carboxylic acids is 1. The van der Waals surface area contributed by atoms with Crippen LogP contribution < -0.4 is 10.1 Å². The molecule has 8 nitrogen and oxygen atoms in total. The lowest BCUT2D eigenvalue weighted by Gasteiger charge is -2.13. The second-order valence-electron chi connectivity index (χ2n) is 6.73. The molecule has 160 valence electrons. The predicted octanol–water partition coefficient (Wildman–Crippen LogP) is 3.83. The lowest BCUT2D eigenvalue weighted by atomic mass is 10.1. The molecule has 31 heavy (non-hydrogen) atoms. The number of thioether (sulfide) groups is 1. The summed E-state index contributed by atoms with van der Waals surface area (Å²) >= 11 is 1.11. The zero-order valence-electron chi connectivity index (χ0n) is 16.8. The number of carbonyl (C=O) groups excluding carboxylic acids is 1. The van der Waals surface area contributed by atoms with Gasteiger partial charge in [-0.2, -0.15) is 0 Å². The lowest BCUT2D eigenvalue weighted by molar-refractivity contribution is -0.145. The van der Waals surface area contributed by atoms with Gasteiger partial charge in [-0.05, 0) is 66.6 Å². The largest absolute Gasteiger partial charge is 0.479 e. The topological polar surface area (TPSA) is 125 Å². The van der Waals surface area contributed by atoms with E-state index >= 15 is 0 Å². The Kier molecular flexibility index (Phi) is 6.76. The van der Waals surface area contributed by atoms with E-state index in [1.54, 1.807) is 49.4 Å². The van der Waals surface area contributed by atoms with E-state index in [1.165, 1.54) is 6.07 Å². The van der Waals surface area contributed by atoms with Crippen LogP contribution in [0.4, 0.5) is 5.69 Å². The summed E-state index contributed by atoms with van der Waals surface area (Å²) in [5.74, 6) is -2.05. The van der Waals surface area contributed by atoms with Crippen LogP contribution in [-0.4, -0.2) is 39.3 Å². The van der Waals surface area contributed by atoms with E-state index in [-0.39, 0.29) is 22.3 Å². The van der Waals surface area contributed by atoms with Gasteiger partial charge in [-0.3, -0.25) is 4.79 Å². The molecule has 1 unspecified atom stereocenters. The number of aliphatic imine (C=N–C) groups is 1. The normalized spacial score (nSPS) is 16.9. The van der Waals surface area contributed by atoms with Crippen molar-refractivity contribution in [2.75, 3.05) is 0 Å². The monoisotopic (exact) mass is 440 g/mol. The highest BCUT2D eigenvalue weighted by atomic mass is 32.2. The van der Waals surface area contributed by atoms with E-state index < -0.39 is 18.0 Å². The standard InChI is InChI=1S/C22H20N2O6S/c1-3-17(21(28)29)30-14-7-5-13(6-8-14)11-18-19(25)24-22(31-18)23-16-10-12(2)4-9-15(16)20(26)27/h4-11,17H,3H2,1-2H3,(H,26,27)(H,28,29)(H,23,24,25)/b18-11-. The Bertz CT molecular complexity index is 1090. The van der Waals surface area contributed by atoms with Gasteiger partial charge in [0, 0.05) is 0 Å².